The van der Waals surface area contributed by atoms with E-state index in [-0.39, 0.29) is 0 Å². The maximum atomic E-state index is 2.45. The lowest BCUT2D eigenvalue weighted by Crippen LogP contribution is -1.96. The van der Waals surface area contributed by atoms with Crippen LogP contribution in [0.25, 0.3) is 104 Å². The molecule has 0 saturated heterocycles. The van der Waals surface area contributed by atoms with Gasteiger partial charge < -0.3 is 4.57 Å². The first-order valence-corrected chi connectivity index (χ1v) is 19.0. The molecule has 0 N–H and O–H groups in total. The molecular formula is C54H35N. The lowest BCUT2D eigenvalue weighted by Gasteiger charge is -2.19. The lowest BCUT2D eigenvalue weighted by molar-refractivity contribution is 1.18. The van der Waals surface area contributed by atoms with E-state index in [0.29, 0.717) is 0 Å². The normalized spacial score (nSPS) is 11.6. The molecule has 0 radical (unpaired) electrons. The Morgan fingerprint density at radius 2 is 0.709 bits per heavy atom. The van der Waals surface area contributed by atoms with Gasteiger partial charge in [-0.1, -0.05) is 176 Å². The average molecular weight is 698 g/mol. The molecule has 0 atom stereocenters. The van der Waals surface area contributed by atoms with Crippen LogP contribution in [0, 0.1) is 0 Å². The van der Waals surface area contributed by atoms with Crippen molar-refractivity contribution in [3.8, 4) is 50.2 Å². The number of aromatic nitrogens is 1. The summed E-state index contributed by atoms with van der Waals surface area (Å²) in [6.07, 6.45) is 0. The molecule has 10 aromatic carbocycles. The molecule has 1 nitrogen and oxygen atoms in total. The van der Waals surface area contributed by atoms with Gasteiger partial charge in [0.25, 0.3) is 0 Å². The molecule has 1 aromatic heterocycles. The molecule has 0 fully saturated rings. The fourth-order valence-corrected chi connectivity index (χ4v) is 8.90. The van der Waals surface area contributed by atoms with Crippen molar-refractivity contribution in [2.24, 2.45) is 0 Å². The highest BCUT2D eigenvalue weighted by Gasteiger charge is 2.20. The Kier molecular flexibility index (Phi) is 7.25. The maximum absolute atomic E-state index is 2.45. The molecular weight excluding hydrogens is 663 g/mol. The van der Waals surface area contributed by atoms with Crippen LogP contribution in [-0.4, -0.2) is 4.57 Å². The Bertz CT molecular complexity index is 3080. The van der Waals surface area contributed by atoms with Crippen LogP contribution in [-0.2, 0) is 0 Å². The van der Waals surface area contributed by atoms with Gasteiger partial charge in [0, 0.05) is 16.5 Å². The number of hydrogen-bond acceptors (Lipinski definition) is 0. The minimum atomic E-state index is 1.14. The molecule has 11 aromatic rings. The largest absolute Gasteiger partial charge is 0.309 e. The number of hydrogen-bond donors (Lipinski definition) is 0. The van der Waals surface area contributed by atoms with Crippen molar-refractivity contribution in [3.05, 3.63) is 212 Å². The van der Waals surface area contributed by atoms with Gasteiger partial charge in [-0.15, -0.1) is 0 Å². The summed E-state index contributed by atoms with van der Waals surface area (Å²) in [4.78, 5) is 0. The van der Waals surface area contributed by atoms with E-state index in [2.05, 4.69) is 217 Å². The molecule has 11 rings (SSSR count). The van der Waals surface area contributed by atoms with E-state index in [1.807, 2.05) is 0 Å². The minimum Gasteiger partial charge on any atom is -0.309 e. The van der Waals surface area contributed by atoms with E-state index in [1.165, 1.54) is 98.6 Å². The summed E-state index contributed by atoms with van der Waals surface area (Å²) in [6.45, 7) is 0. The quantitative estimate of drug-likeness (QED) is 0.158. The number of rotatable bonds is 5. The van der Waals surface area contributed by atoms with E-state index in [0.717, 1.165) is 5.69 Å². The number of fused-ring (bicyclic) bond motifs is 6. The van der Waals surface area contributed by atoms with Gasteiger partial charge in [0.05, 0.1) is 11.0 Å². The highest BCUT2D eigenvalue weighted by atomic mass is 15.0. The Balaban J connectivity index is 1.16. The summed E-state index contributed by atoms with van der Waals surface area (Å²) in [6, 6.07) is 77.8. The van der Waals surface area contributed by atoms with Gasteiger partial charge in [-0.05, 0) is 113 Å². The van der Waals surface area contributed by atoms with Crippen molar-refractivity contribution in [1.29, 1.82) is 0 Å². The second-order valence-corrected chi connectivity index (χ2v) is 14.4. The maximum Gasteiger partial charge on any atom is 0.0541 e. The molecule has 0 aliphatic rings. The van der Waals surface area contributed by atoms with Crippen molar-refractivity contribution < 1.29 is 0 Å². The first-order valence-electron chi connectivity index (χ1n) is 19.0. The second-order valence-electron chi connectivity index (χ2n) is 14.4. The summed E-state index contributed by atoms with van der Waals surface area (Å²) in [5.41, 5.74) is 13.4. The predicted molar refractivity (Wildman–Crippen MR) is 235 cm³/mol. The van der Waals surface area contributed by atoms with Gasteiger partial charge in [-0.25, -0.2) is 0 Å². The van der Waals surface area contributed by atoms with Crippen molar-refractivity contribution in [1.82, 2.24) is 4.57 Å². The van der Waals surface area contributed by atoms with Crippen LogP contribution in [0.15, 0.2) is 212 Å². The van der Waals surface area contributed by atoms with Crippen LogP contribution in [0.1, 0.15) is 0 Å². The zero-order chi connectivity index (χ0) is 36.3. The van der Waals surface area contributed by atoms with Crippen LogP contribution in [0.2, 0.25) is 0 Å². The third-order valence-electron chi connectivity index (χ3n) is 11.4. The molecule has 0 amide bonds. The average Bonchev–Trinajstić information content (AvgIpc) is 3.59. The van der Waals surface area contributed by atoms with E-state index in [4.69, 9.17) is 0 Å². The monoisotopic (exact) mass is 697 g/mol. The molecule has 1 heteroatoms. The first-order chi connectivity index (χ1) is 27.3. The van der Waals surface area contributed by atoms with Crippen LogP contribution < -0.4 is 0 Å². The van der Waals surface area contributed by atoms with Gasteiger partial charge in [-0.3, -0.25) is 0 Å². The summed E-state index contributed by atoms with van der Waals surface area (Å²) in [5, 5.41) is 10.0. The van der Waals surface area contributed by atoms with Crippen LogP contribution in [0.5, 0.6) is 0 Å². The van der Waals surface area contributed by atoms with Gasteiger partial charge in [0.1, 0.15) is 0 Å². The molecule has 256 valence electrons. The van der Waals surface area contributed by atoms with Crippen molar-refractivity contribution >= 4 is 54.1 Å². The van der Waals surface area contributed by atoms with E-state index < -0.39 is 0 Å². The van der Waals surface area contributed by atoms with Gasteiger partial charge >= 0.3 is 0 Å². The molecule has 0 spiro atoms. The van der Waals surface area contributed by atoms with Crippen LogP contribution in [0.3, 0.4) is 0 Å². The van der Waals surface area contributed by atoms with E-state index >= 15 is 0 Å². The fraction of sp³-hybridized carbons (Fsp3) is 0. The van der Waals surface area contributed by atoms with Gasteiger partial charge in [0.15, 0.2) is 0 Å². The SMILES string of the molecule is c1ccc(-c2ccc3c(c2)c2cc(-c4ccccc4)ccc2n3-c2cccc(-c3c4ccccc4c(-c4cccc5ccccc45)c4ccccc34)c2)cc1. The van der Waals surface area contributed by atoms with Gasteiger partial charge in [0.2, 0.25) is 0 Å². The molecule has 1 heterocycles. The Labute approximate surface area is 320 Å². The summed E-state index contributed by atoms with van der Waals surface area (Å²) < 4.78 is 2.45. The molecule has 0 saturated carbocycles. The second kappa shape index (κ2) is 12.7. The Morgan fingerprint density at radius 1 is 0.255 bits per heavy atom. The standard InChI is InChI=1S/C54H35N/c1-3-15-36(16-4-1)39-29-31-51-49(34-39)50-35-40(37-17-5-2-6-18-37)30-32-52(50)55(51)42-22-13-21-41(33-42)53-45-24-9-11-26-47(45)54(48-27-12-10-25-46(48)53)44-28-14-20-38-19-7-8-23-43(38)44/h1-35H. The molecule has 0 bridgehead atoms. The fourth-order valence-electron chi connectivity index (χ4n) is 8.90. The Morgan fingerprint density at radius 3 is 1.29 bits per heavy atom. The zero-order valence-corrected chi connectivity index (χ0v) is 30.2. The Hall–Kier alpha value is -7.22. The van der Waals surface area contributed by atoms with Crippen LogP contribution >= 0.6 is 0 Å². The third kappa shape index (κ3) is 5.09. The highest BCUT2D eigenvalue weighted by Crippen LogP contribution is 2.46. The van der Waals surface area contributed by atoms with Crippen molar-refractivity contribution in [2.75, 3.05) is 0 Å². The summed E-state index contributed by atoms with van der Waals surface area (Å²) in [7, 11) is 0. The van der Waals surface area contributed by atoms with Crippen LogP contribution in [0.4, 0.5) is 0 Å². The topological polar surface area (TPSA) is 4.93 Å². The molecule has 0 aliphatic carbocycles. The highest BCUT2D eigenvalue weighted by molar-refractivity contribution is 6.23. The van der Waals surface area contributed by atoms with Gasteiger partial charge in [-0.2, -0.15) is 0 Å². The lowest BCUT2D eigenvalue weighted by atomic mass is 9.84. The van der Waals surface area contributed by atoms with E-state index in [9.17, 15) is 0 Å². The zero-order valence-electron chi connectivity index (χ0n) is 30.2. The summed E-state index contributed by atoms with van der Waals surface area (Å²) >= 11 is 0. The predicted octanol–water partition coefficient (Wildman–Crippen LogP) is 14.9. The van der Waals surface area contributed by atoms with Crippen molar-refractivity contribution in [2.45, 2.75) is 0 Å². The van der Waals surface area contributed by atoms with E-state index in [1.54, 1.807) is 0 Å². The third-order valence-corrected chi connectivity index (χ3v) is 11.4. The number of benzene rings is 10. The molecule has 55 heavy (non-hydrogen) atoms. The van der Waals surface area contributed by atoms with Crippen molar-refractivity contribution in [3.63, 3.8) is 0 Å². The minimum absolute atomic E-state index is 1.14. The first kappa shape index (κ1) is 31.3. The summed E-state index contributed by atoms with van der Waals surface area (Å²) in [5.74, 6) is 0. The molecule has 0 aliphatic heterocycles. The molecule has 0 unspecified atom stereocenters. The number of nitrogens with zero attached hydrogens (tertiary/aromatic N) is 1. The smallest absolute Gasteiger partial charge is 0.0541 e.